The second-order valence-electron chi connectivity index (χ2n) is 3.88. The predicted octanol–water partition coefficient (Wildman–Crippen LogP) is 1.98. The van der Waals surface area contributed by atoms with E-state index in [1.165, 1.54) is 6.07 Å². The molecular weight excluding hydrogens is 195 g/mol. The number of aromatic nitrogens is 1. The van der Waals surface area contributed by atoms with Crippen LogP contribution in [0.1, 0.15) is 12.1 Å². The lowest BCUT2D eigenvalue weighted by atomic mass is 10.1. The molecule has 4 heteroatoms. The normalized spacial score (nSPS) is 20.5. The molecule has 1 saturated heterocycles. The largest absolute Gasteiger partial charge is 0.383 e. The van der Waals surface area contributed by atoms with Gasteiger partial charge in [0.2, 0.25) is 5.95 Å². The van der Waals surface area contributed by atoms with Crippen LogP contribution < -0.4 is 5.32 Å². The highest BCUT2D eigenvalue weighted by atomic mass is 19.1. The molecule has 0 spiro atoms. The number of halogens is 1. The van der Waals surface area contributed by atoms with Crippen LogP contribution in [0.25, 0.3) is 0 Å². The molecule has 0 saturated carbocycles. The molecule has 2 heterocycles. The maximum atomic E-state index is 12.7. The van der Waals surface area contributed by atoms with E-state index in [0.717, 1.165) is 31.9 Å². The third-order valence-corrected chi connectivity index (χ3v) is 2.66. The molecule has 1 aliphatic heterocycles. The van der Waals surface area contributed by atoms with Gasteiger partial charge in [-0.25, -0.2) is 4.98 Å². The van der Waals surface area contributed by atoms with Crippen molar-refractivity contribution >= 4 is 5.69 Å². The molecule has 2 rings (SSSR count). The molecule has 0 radical (unpaired) electrons. The standard InChI is InChI=1S/C11H15FN2O/c1-8-10(2-3-11(12)14-8)13-6-9-4-5-15-7-9/h2-3,9,13H,4-7H2,1H3. The van der Waals surface area contributed by atoms with E-state index in [4.69, 9.17) is 4.74 Å². The van der Waals surface area contributed by atoms with Crippen molar-refractivity contribution < 1.29 is 9.13 Å². The Morgan fingerprint density at radius 1 is 1.60 bits per heavy atom. The Morgan fingerprint density at radius 2 is 2.47 bits per heavy atom. The van der Waals surface area contributed by atoms with Crippen molar-refractivity contribution in [1.29, 1.82) is 0 Å². The molecule has 1 aromatic heterocycles. The Balaban J connectivity index is 1.92. The first-order valence-electron chi connectivity index (χ1n) is 5.20. The highest BCUT2D eigenvalue weighted by Crippen LogP contribution is 2.16. The highest BCUT2D eigenvalue weighted by molar-refractivity contribution is 5.46. The van der Waals surface area contributed by atoms with E-state index in [0.29, 0.717) is 11.6 Å². The van der Waals surface area contributed by atoms with Crippen LogP contribution in [-0.2, 0) is 4.74 Å². The van der Waals surface area contributed by atoms with Gasteiger partial charge < -0.3 is 10.1 Å². The molecule has 1 aliphatic rings. The lowest BCUT2D eigenvalue weighted by Gasteiger charge is -2.12. The number of hydrogen-bond donors (Lipinski definition) is 1. The zero-order valence-corrected chi connectivity index (χ0v) is 8.79. The highest BCUT2D eigenvalue weighted by Gasteiger charge is 2.15. The summed E-state index contributed by atoms with van der Waals surface area (Å²) < 4.78 is 18.0. The van der Waals surface area contributed by atoms with Crippen LogP contribution in [0.4, 0.5) is 10.1 Å². The van der Waals surface area contributed by atoms with Crippen LogP contribution in [0.2, 0.25) is 0 Å². The van der Waals surface area contributed by atoms with Crippen molar-refractivity contribution in [3.05, 3.63) is 23.8 Å². The Bertz CT molecular complexity index is 337. The van der Waals surface area contributed by atoms with Crippen molar-refractivity contribution in [2.45, 2.75) is 13.3 Å². The average Bonchev–Trinajstić information content (AvgIpc) is 2.69. The van der Waals surface area contributed by atoms with Crippen molar-refractivity contribution in [2.75, 3.05) is 25.1 Å². The summed E-state index contributed by atoms with van der Waals surface area (Å²) in [5.74, 6) is 0.136. The molecule has 1 unspecified atom stereocenters. The summed E-state index contributed by atoms with van der Waals surface area (Å²) in [5.41, 5.74) is 1.61. The first-order chi connectivity index (χ1) is 7.25. The fourth-order valence-electron chi connectivity index (χ4n) is 1.72. The van der Waals surface area contributed by atoms with Crippen molar-refractivity contribution in [2.24, 2.45) is 5.92 Å². The number of rotatable bonds is 3. The van der Waals surface area contributed by atoms with Crippen molar-refractivity contribution in [1.82, 2.24) is 4.98 Å². The minimum Gasteiger partial charge on any atom is -0.383 e. The van der Waals surface area contributed by atoms with Crippen LogP contribution in [0.5, 0.6) is 0 Å². The van der Waals surface area contributed by atoms with Crippen LogP contribution in [0.15, 0.2) is 12.1 Å². The van der Waals surface area contributed by atoms with Crippen LogP contribution in [-0.4, -0.2) is 24.7 Å². The minimum absolute atomic E-state index is 0.428. The van der Waals surface area contributed by atoms with Gasteiger partial charge in [-0.3, -0.25) is 0 Å². The zero-order valence-electron chi connectivity index (χ0n) is 8.79. The Labute approximate surface area is 88.7 Å². The minimum atomic E-state index is -0.428. The average molecular weight is 210 g/mol. The maximum absolute atomic E-state index is 12.7. The third-order valence-electron chi connectivity index (χ3n) is 2.66. The molecule has 1 N–H and O–H groups in total. The monoisotopic (exact) mass is 210 g/mol. The molecule has 0 amide bonds. The van der Waals surface area contributed by atoms with Crippen LogP contribution in [0.3, 0.4) is 0 Å². The first kappa shape index (κ1) is 10.4. The summed E-state index contributed by atoms with van der Waals surface area (Å²) in [4.78, 5) is 3.76. The van der Waals surface area contributed by atoms with E-state index in [1.54, 1.807) is 13.0 Å². The number of nitrogens with zero attached hydrogens (tertiary/aromatic N) is 1. The topological polar surface area (TPSA) is 34.2 Å². The van der Waals surface area contributed by atoms with Crippen LogP contribution in [0, 0.1) is 18.8 Å². The van der Waals surface area contributed by atoms with Gasteiger partial charge in [-0.05, 0) is 25.5 Å². The summed E-state index contributed by atoms with van der Waals surface area (Å²) in [6, 6.07) is 3.11. The second-order valence-corrected chi connectivity index (χ2v) is 3.88. The van der Waals surface area contributed by atoms with Crippen molar-refractivity contribution in [3.63, 3.8) is 0 Å². The molecule has 0 aromatic carbocycles. The smallest absolute Gasteiger partial charge is 0.213 e. The van der Waals surface area contributed by atoms with Gasteiger partial charge in [0.05, 0.1) is 18.0 Å². The lowest BCUT2D eigenvalue weighted by Crippen LogP contribution is -2.15. The predicted molar refractivity (Wildman–Crippen MR) is 56.3 cm³/mol. The SMILES string of the molecule is Cc1nc(F)ccc1NCC1CCOC1. The van der Waals surface area contributed by atoms with Crippen LogP contribution >= 0.6 is 0 Å². The number of anilines is 1. The summed E-state index contributed by atoms with van der Waals surface area (Å²) in [5, 5.41) is 3.27. The molecule has 0 bridgehead atoms. The molecular formula is C11H15FN2O. The van der Waals surface area contributed by atoms with Gasteiger partial charge in [-0.1, -0.05) is 0 Å². The quantitative estimate of drug-likeness (QED) is 0.774. The maximum Gasteiger partial charge on any atom is 0.213 e. The molecule has 1 aromatic rings. The fraction of sp³-hybridized carbons (Fsp3) is 0.545. The van der Waals surface area contributed by atoms with Gasteiger partial charge in [0.25, 0.3) is 0 Å². The number of nitrogens with one attached hydrogen (secondary N) is 1. The summed E-state index contributed by atoms with van der Waals surface area (Å²) >= 11 is 0. The van der Waals surface area contributed by atoms with Gasteiger partial charge in [0, 0.05) is 19.1 Å². The summed E-state index contributed by atoms with van der Waals surface area (Å²) in [6.45, 7) is 4.35. The Hall–Kier alpha value is -1.16. The number of ether oxygens (including phenoxy) is 1. The number of pyridine rings is 1. The zero-order chi connectivity index (χ0) is 10.7. The molecule has 1 atom stereocenters. The van der Waals surface area contributed by atoms with E-state index < -0.39 is 5.95 Å². The van der Waals surface area contributed by atoms with Crippen molar-refractivity contribution in [3.8, 4) is 0 Å². The summed E-state index contributed by atoms with van der Waals surface area (Å²) in [6.07, 6.45) is 1.10. The van der Waals surface area contributed by atoms with E-state index in [2.05, 4.69) is 10.3 Å². The number of aryl methyl sites for hydroxylation is 1. The van der Waals surface area contributed by atoms with E-state index in [9.17, 15) is 4.39 Å². The third kappa shape index (κ3) is 2.65. The van der Waals surface area contributed by atoms with Gasteiger partial charge in [0.15, 0.2) is 0 Å². The molecule has 3 nitrogen and oxygen atoms in total. The molecule has 82 valence electrons. The fourth-order valence-corrected chi connectivity index (χ4v) is 1.72. The van der Waals surface area contributed by atoms with Gasteiger partial charge >= 0.3 is 0 Å². The van der Waals surface area contributed by atoms with E-state index in [-0.39, 0.29) is 0 Å². The second kappa shape index (κ2) is 4.57. The number of hydrogen-bond acceptors (Lipinski definition) is 3. The van der Waals surface area contributed by atoms with E-state index in [1.807, 2.05) is 0 Å². The summed E-state index contributed by atoms with van der Waals surface area (Å²) in [7, 11) is 0. The molecule has 15 heavy (non-hydrogen) atoms. The van der Waals surface area contributed by atoms with Gasteiger partial charge in [-0.2, -0.15) is 4.39 Å². The first-order valence-corrected chi connectivity index (χ1v) is 5.20. The lowest BCUT2D eigenvalue weighted by molar-refractivity contribution is 0.187. The van der Waals surface area contributed by atoms with Gasteiger partial charge in [0.1, 0.15) is 0 Å². The molecule has 0 aliphatic carbocycles. The van der Waals surface area contributed by atoms with Gasteiger partial charge in [-0.15, -0.1) is 0 Å². The molecule has 1 fully saturated rings. The Kier molecular flexibility index (Phi) is 3.16. The Morgan fingerprint density at radius 3 is 3.13 bits per heavy atom. The van der Waals surface area contributed by atoms with E-state index >= 15 is 0 Å².